The molecule has 152 valence electrons. The summed E-state index contributed by atoms with van der Waals surface area (Å²) in [5.41, 5.74) is 1.92. The summed E-state index contributed by atoms with van der Waals surface area (Å²) in [5, 5.41) is 3.33. The third-order valence-electron chi connectivity index (χ3n) is 4.43. The number of hydrogen-bond donors (Lipinski definition) is 3. The van der Waals surface area contributed by atoms with E-state index in [2.05, 4.69) is 20.0 Å². The fraction of sp³-hybridized carbons (Fsp3) is 0.250. The number of nitrogens with one attached hydrogen (secondary N) is 3. The van der Waals surface area contributed by atoms with Crippen LogP contribution in [0.3, 0.4) is 0 Å². The van der Waals surface area contributed by atoms with Gasteiger partial charge in [-0.3, -0.25) is 9.59 Å². The van der Waals surface area contributed by atoms with Crippen LogP contribution in [0.5, 0.6) is 0 Å². The average molecular weight is 414 g/mol. The van der Waals surface area contributed by atoms with Crippen molar-refractivity contribution in [3.8, 4) is 0 Å². The lowest BCUT2D eigenvalue weighted by atomic mass is 10.1. The van der Waals surface area contributed by atoms with Crippen molar-refractivity contribution in [2.45, 2.75) is 25.1 Å². The zero-order valence-electron chi connectivity index (χ0n) is 15.9. The molecule has 0 bridgehead atoms. The van der Waals surface area contributed by atoms with E-state index < -0.39 is 10.0 Å². The summed E-state index contributed by atoms with van der Waals surface area (Å²) < 4.78 is 25.4. The van der Waals surface area contributed by atoms with Crippen LogP contribution in [0.4, 0.5) is 0 Å². The highest BCUT2D eigenvalue weighted by molar-refractivity contribution is 7.88. The Hall–Kier alpha value is -3.04. The first-order chi connectivity index (χ1) is 13.9. The van der Waals surface area contributed by atoms with Crippen molar-refractivity contribution in [2.75, 3.05) is 7.05 Å². The number of rotatable bonds is 8. The molecular formula is C20H22N4O4S. The van der Waals surface area contributed by atoms with Gasteiger partial charge in [0.15, 0.2) is 0 Å². The number of para-hydroxylation sites is 1. The number of benzene rings is 2. The number of aromatic amines is 1. The van der Waals surface area contributed by atoms with E-state index in [1.807, 2.05) is 6.07 Å². The number of aryl methyl sites for hydroxylation is 1. The molecule has 0 unspecified atom stereocenters. The standard InChI is InChI=1S/C20H22N4O4S/c1-21-29(27,28)13-15-8-6-14(7-9-15)12-22-19(25)11-10-18-23-17-5-3-2-4-16(17)20(26)24-18/h2-9,21H,10-13H2,1H3,(H,22,25)(H,23,24,26). The Kier molecular flexibility index (Phi) is 6.40. The molecule has 0 aliphatic heterocycles. The van der Waals surface area contributed by atoms with Gasteiger partial charge in [0.25, 0.3) is 5.56 Å². The van der Waals surface area contributed by atoms with Crippen LogP contribution < -0.4 is 15.6 Å². The molecule has 0 spiro atoms. The summed E-state index contributed by atoms with van der Waals surface area (Å²) in [7, 11) is -1.94. The van der Waals surface area contributed by atoms with Crippen LogP contribution in [-0.4, -0.2) is 31.3 Å². The lowest BCUT2D eigenvalue weighted by Gasteiger charge is -2.07. The Morgan fingerprint density at radius 3 is 2.48 bits per heavy atom. The topological polar surface area (TPSA) is 121 Å². The van der Waals surface area contributed by atoms with Gasteiger partial charge in [0, 0.05) is 19.4 Å². The number of nitrogens with zero attached hydrogens (tertiary/aromatic N) is 1. The maximum Gasteiger partial charge on any atom is 0.258 e. The number of hydrogen-bond acceptors (Lipinski definition) is 5. The fourth-order valence-corrected chi connectivity index (χ4v) is 3.59. The zero-order valence-corrected chi connectivity index (χ0v) is 16.8. The normalized spacial score (nSPS) is 11.5. The summed E-state index contributed by atoms with van der Waals surface area (Å²) in [6.07, 6.45) is 0.520. The lowest BCUT2D eigenvalue weighted by Crippen LogP contribution is -2.24. The van der Waals surface area contributed by atoms with Gasteiger partial charge >= 0.3 is 0 Å². The molecule has 1 amide bonds. The maximum atomic E-state index is 12.1. The minimum absolute atomic E-state index is 0.0902. The molecule has 29 heavy (non-hydrogen) atoms. The molecule has 0 saturated carbocycles. The van der Waals surface area contributed by atoms with Gasteiger partial charge in [0.1, 0.15) is 5.82 Å². The van der Waals surface area contributed by atoms with Crippen LogP contribution >= 0.6 is 0 Å². The summed E-state index contributed by atoms with van der Waals surface area (Å²) in [6, 6.07) is 14.1. The number of carbonyl (C=O) groups excluding carboxylic acids is 1. The highest BCUT2D eigenvalue weighted by Crippen LogP contribution is 2.09. The van der Waals surface area contributed by atoms with E-state index in [4.69, 9.17) is 0 Å². The molecule has 3 N–H and O–H groups in total. The first-order valence-electron chi connectivity index (χ1n) is 9.10. The number of carbonyl (C=O) groups is 1. The molecule has 3 rings (SSSR count). The Morgan fingerprint density at radius 2 is 1.76 bits per heavy atom. The van der Waals surface area contributed by atoms with Gasteiger partial charge in [-0.25, -0.2) is 18.1 Å². The SMILES string of the molecule is CNS(=O)(=O)Cc1ccc(CNC(=O)CCc2nc3ccccc3c(=O)[nH]2)cc1. The average Bonchev–Trinajstić information content (AvgIpc) is 2.71. The van der Waals surface area contributed by atoms with Gasteiger partial charge in [-0.05, 0) is 30.3 Å². The van der Waals surface area contributed by atoms with Gasteiger partial charge < -0.3 is 10.3 Å². The second-order valence-electron chi connectivity index (χ2n) is 6.59. The van der Waals surface area contributed by atoms with Crippen LogP contribution in [0.2, 0.25) is 0 Å². The van der Waals surface area contributed by atoms with Crippen LogP contribution in [0.1, 0.15) is 23.4 Å². The number of sulfonamides is 1. The largest absolute Gasteiger partial charge is 0.352 e. The smallest absolute Gasteiger partial charge is 0.258 e. The van der Waals surface area contributed by atoms with Gasteiger partial charge in [-0.1, -0.05) is 36.4 Å². The van der Waals surface area contributed by atoms with Gasteiger partial charge in [-0.2, -0.15) is 0 Å². The minimum atomic E-state index is -3.31. The summed E-state index contributed by atoms with van der Waals surface area (Å²) >= 11 is 0. The van der Waals surface area contributed by atoms with Crippen molar-refractivity contribution in [2.24, 2.45) is 0 Å². The molecule has 2 aromatic carbocycles. The van der Waals surface area contributed by atoms with E-state index in [0.717, 1.165) is 5.56 Å². The van der Waals surface area contributed by atoms with E-state index in [1.54, 1.807) is 42.5 Å². The molecule has 0 fully saturated rings. The lowest BCUT2D eigenvalue weighted by molar-refractivity contribution is -0.121. The molecule has 0 saturated heterocycles. The Bertz CT molecular complexity index is 1170. The summed E-state index contributed by atoms with van der Waals surface area (Å²) in [5.74, 6) is 0.217. The third-order valence-corrected chi connectivity index (χ3v) is 5.77. The van der Waals surface area contributed by atoms with Crippen LogP contribution in [0.15, 0.2) is 53.3 Å². The van der Waals surface area contributed by atoms with E-state index in [-0.39, 0.29) is 23.6 Å². The van der Waals surface area contributed by atoms with Crippen molar-refractivity contribution < 1.29 is 13.2 Å². The van der Waals surface area contributed by atoms with E-state index >= 15 is 0 Å². The van der Waals surface area contributed by atoms with E-state index in [9.17, 15) is 18.0 Å². The number of aromatic nitrogens is 2. The molecule has 8 nitrogen and oxygen atoms in total. The second kappa shape index (κ2) is 8.97. The predicted octanol–water partition coefficient (Wildman–Crippen LogP) is 1.22. The van der Waals surface area contributed by atoms with Crippen LogP contribution in [0.25, 0.3) is 10.9 Å². The second-order valence-corrected chi connectivity index (χ2v) is 8.51. The molecule has 0 atom stereocenters. The van der Waals surface area contributed by atoms with Crippen molar-refractivity contribution in [1.82, 2.24) is 20.0 Å². The molecular weight excluding hydrogens is 392 g/mol. The minimum Gasteiger partial charge on any atom is -0.352 e. The molecule has 0 radical (unpaired) electrons. The number of amides is 1. The summed E-state index contributed by atoms with van der Waals surface area (Å²) in [6.45, 7) is 0.333. The van der Waals surface area contributed by atoms with Crippen LogP contribution in [0, 0.1) is 0 Å². The van der Waals surface area contributed by atoms with Crippen molar-refractivity contribution in [3.63, 3.8) is 0 Å². The number of H-pyrrole nitrogens is 1. The Morgan fingerprint density at radius 1 is 1.07 bits per heavy atom. The van der Waals surface area contributed by atoms with Crippen LogP contribution in [-0.2, 0) is 33.5 Å². The molecule has 1 heterocycles. The quantitative estimate of drug-likeness (QED) is 0.512. The third kappa shape index (κ3) is 5.72. The monoisotopic (exact) mass is 414 g/mol. The molecule has 1 aromatic heterocycles. The highest BCUT2D eigenvalue weighted by atomic mass is 32.2. The van der Waals surface area contributed by atoms with Crippen molar-refractivity contribution in [1.29, 1.82) is 0 Å². The fourth-order valence-electron chi connectivity index (χ4n) is 2.82. The summed E-state index contributed by atoms with van der Waals surface area (Å²) in [4.78, 5) is 31.3. The Labute approximate surface area is 168 Å². The molecule has 9 heteroatoms. The first-order valence-corrected chi connectivity index (χ1v) is 10.8. The molecule has 0 aliphatic carbocycles. The highest BCUT2D eigenvalue weighted by Gasteiger charge is 2.09. The van der Waals surface area contributed by atoms with Crippen molar-refractivity contribution >= 4 is 26.8 Å². The maximum absolute atomic E-state index is 12.1. The van der Waals surface area contributed by atoms with E-state index in [1.165, 1.54) is 7.05 Å². The van der Waals surface area contributed by atoms with Gasteiger partial charge in [0.2, 0.25) is 15.9 Å². The zero-order chi connectivity index (χ0) is 20.9. The van der Waals surface area contributed by atoms with Gasteiger partial charge in [0.05, 0.1) is 16.7 Å². The molecule has 0 aliphatic rings. The molecule has 3 aromatic rings. The number of fused-ring (bicyclic) bond motifs is 1. The predicted molar refractivity (Wildman–Crippen MR) is 111 cm³/mol. The van der Waals surface area contributed by atoms with Gasteiger partial charge in [-0.15, -0.1) is 0 Å². The first kappa shape index (κ1) is 20.7. The van der Waals surface area contributed by atoms with Crippen molar-refractivity contribution in [3.05, 3.63) is 75.8 Å². The van der Waals surface area contributed by atoms with E-state index in [0.29, 0.717) is 35.3 Å². The Balaban J connectivity index is 1.52.